The molecular weight excluding hydrogens is 259 g/mol. The van der Waals surface area contributed by atoms with Gasteiger partial charge in [-0.25, -0.2) is 0 Å². The Morgan fingerprint density at radius 1 is 0.357 bits per heavy atom. The average molecular weight is 259 g/mol. The fourth-order valence-corrected chi connectivity index (χ4v) is 0. The maximum absolute atomic E-state index is 6.25. The van der Waals surface area contributed by atoms with Crippen LogP contribution in [-0.2, 0) is 35.9 Å². The zero-order valence-corrected chi connectivity index (χ0v) is 9.21. The number of nitrogens with zero attached hydrogens (tertiary/aromatic N) is 6. The molecule has 0 rings (SSSR count). The van der Waals surface area contributed by atoms with E-state index in [4.69, 9.17) is 71.0 Å². The van der Waals surface area contributed by atoms with Crippen molar-refractivity contribution >= 4 is 0 Å². The standard InChI is InChI=1S/6CN.Cr.V/c6*1-2;;/q6*-1;+2;+4. The Balaban J connectivity index is -0.00000000500. The van der Waals surface area contributed by atoms with E-state index in [9.17, 15) is 0 Å². The summed E-state index contributed by atoms with van der Waals surface area (Å²) < 4.78 is 0. The van der Waals surface area contributed by atoms with Gasteiger partial charge in [0.25, 0.3) is 0 Å². The van der Waals surface area contributed by atoms with Gasteiger partial charge in [-0.15, -0.1) is 0 Å². The van der Waals surface area contributed by atoms with Crippen molar-refractivity contribution in [2.24, 2.45) is 0 Å². The van der Waals surface area contributed by atoms with Crippen LogP contribution in [0, 0.1) is 71.0 Å². The zero-order valence-electron chi connectivity index (χ0n) is 6.54. The van der Waals surface area contributed by atoms with Gasteiger partial charge < -0.3 is 71.0 Å². The Bertz CT molecular complexity index is 97.3. The number of hydrogen-bond acceptors (Lipinski definition) is 6. The molecule has 0 bridgehead atoms. The van der Waals surface area contributed by atoms with Gasteiger partial charge in [-0.3, -0.25) is 0 Å². The van der Waals surface area contributed by atoms with Crippen LogP contribution in [0.2, 0.25) is 0 Å². The molecule has 0 saturated heterocycles. The third-order valence-electron chi connectivity index (χ3n) is 0. The Morgan fingerprint density at radius 3 is 0.357 bits per heavy atom. The molecule has 1 radical (unpaired) electrons. The topological polar surface area (TPSA) is 143 Å². The minimum Gasteiger partial charge on any atom is -0.512 e. The van der Waals surface area contributed by atoms with Crippen molar-refractivity contribution < 1.29 is 35.9 Å². The first kappa shape index (κ1) is 89.6. The van der Waals surface area contributed by atoms with Gasteiger partial charge in [0, 0.05) is 0 Å². The monoisotopic (exact) mass is 259 g/mol. The maximum atomic E-state index is 6.25. The average Bonchev–Trinajstić information content (AvgIpc) is 2.33. The van der Waals surface area contributed by atoms with E-state index in [0.717, 1.165) is 0 Å². The van der Waals surface area contributed by atoms with Crippen LogP contribution in [0.4, 0.5) is 0 Å². The Labute approximate surface area is 107 Å². The van der Waals surface area contributed by atoms with Crippen molar-refractivity contribution in [2.45, 2.75) is 0 Å². The SMILES string of the molecule is [C-]#N.[C-]#N.[C-]#N.[C-]#N.[C-]#N.[C-]#N.[Cr+2].[V+4]. The van der Waals surface area contributed by atoms with E-state index >= 15 is 0 Å². The molecule has 0 atom stereocenters. The van der Waals surface area contributed by atoms with Gasteiger partial charge in [0.05, 0.1) is 0 Å². The van der Waals surface area contributed by atoms with Gasteiger partial charge in [0.15, 0.2) is 0 Å². The van der Waals surface area contributed by atoms with Crippen molar-refractivity contribution in [3.05, 3.63) is 39.4 Å². The summed E-state index contributed by atoms with van der Waals surface area (Å²) in [5.41, 5.74) is 0. The minimum atomic E-state index is 0. The summed E-state index contributed by atoms with van der Waals surface area (Å²) in [4.78, 5) is 0. The second-order valence-electron chi connectivity index (χ2n) is 0. The summed E-state index contributed by atoms with van der Waals surface area (Å²) in [6.07, 6.45) is 0. The molecule has 0 unspecified atom stereocenters. The molecule has 0 spiro atoms. The second-order valence-corrected chi connectivity index (χ2v) is 0. The van der Waals surface area contributed by atoms with Crippen molar-refractivity contribution in [3.63, 3.8) is 0 Å². The third-order valence-corrected chi connectivity index (χ3v) is 0. The summed E-state index contributed by atoms with van der Waals surface area (Å²) in [7, 11) is 0. The van der Waals surface area contributed by atoms with E-state index in [0.29, 0.717) is 0 Å². The van der Waals surface area contributed by atoms with Crippen molar-refractivity contribution in [3.8, 4) is 0 Å². The fraction of sp³-hybridized carbons (Fsp3) is 0. The molecule has 0 fully saturated rings. The summed E-state index contributed by atoms with van der Waals surface area (Å²) in [6, 6.07) is 0. The second kappa shape index (κ2) is 296. The molecular formula is C6CrN6V. The third kappa shape index (κ3) is 218. The Hall–Kier alpha value is -1.94. The first-order valence-electron chi connectivity index (χ1n) is 1.34. The van der Waals surface area contributed by atoms with Crippen LogP contribution in [0.1, 0.15) is 0 Å². The largest absolute Gasteiger partial charge is 4.00 e. The molecule has 8 heteroatoms. The van der Waals surface area contributed by atoms with Crippen LogP contribution >= 0.6 is 0 Å². The van der Waals surface area contributed by atoms with Crippen LogP contribution in [-0.4, -0.2) is 0 Å². The van der Waals surface area contributed by atoms with Crippen LogP contribution in [0.3, 0.4) is 0 Å². The van der Waals surface area contributed by atoms with E-state index in [2.05, 4.69) is 0 Å². The Morgan fingerprint density at radius 2 is 0.357 bits per heavy atom. The van der Waals surface area contributed by atoms with E-state index in [1.807, 2.05) is 0 Å². The van der Waals surface area contributed by atoms with Gasteiger partial charge in [-0.2, -0.15) is 0 Å². The molecule has 0 aromatic carbocycles. The molecule has 0 aliphatic heterocycles. The summed E-state index contributed by atoms with van der Waals surface area (Å²) in [6.45, 7) is 28.5. The molecule has 0 aliphatic rings. The molecule has 0 saturated carbocycles. The van der Waals surface area contributed by atoms with Crippen LogP contribution in [0.15, 0.2) is 0 Å². The normalized spacial score (nSPS) is 0.857. The molecule has 0 aliphatic carbocycles. The van der Waals surface area contributed by atoms with Crippen LogP contribution in [0.5, 0.6) is 0 Å². The first-order chi connectivity index (χ1) is 6.00. The van der Waals surface area contributed by atoms with E-state index in [1.54, 1.807) is 0 Å². The summed E-state index contributed by atoms with van der Waals surface area (Å²) in [5.74, 6) is 0. The van der Waals surface area contributed by atoms with E-state index in [1.165, 1.54) is 0 Å². The van der Waals surface area contributed by atoms with Gasteiger partial charge in [0.1, 0.15) is 0 Å². The number of hydrogen-bond donors (Lipinski definition) is 0. The fourth-order valence-electron chi connectivity index (χ4n) is 0. The molecule has 0 amide bonds. The predicted octanol–water partition coefficient (Wildman–Crippen LogP) is 0.573. The maximum Gasteiger partial charge on any atom is 4.00 e. The van der Waals surface area contributed by atoms with Crippen molar-refractivity contribution in [1.29, 1.82) is 31.6 Å². The van der Waals surface area contributed by atoms with Crippen LogP contribution in [0.25, 0.3) is 0 Å². The first-order valence-corrected chi connectivity index (χ1v) is 1.34. The van der Waals surface area contributed by atoms with Gasteiger partial charge in [0.2, 0.25) is 0 Å². The minimum absolute atomic E-state index is 0. The quantitative estimate of drug-likeness (QED) is 0.581. The van der Waals surface area contributed by atoms with Crippen LogP contribution < -0.4 is 0 Å². The summed E-state index contributed by atoms with van der Waals surface area (Å²) in [5, 5.41) is 37.5. The smallest absolute Gasteiger partial charge is 0.512 e. The molecule has 0 aromatic rings. The van der Waals surface area contributed by atoms with Crippen molar-refractivity contribution in [1.82, 2.24) is 0 Å². The van der Waals surface area contributed by atoms with Crippen molar-refractivity contribution in [2.75, 3.05) is 0 Å². The molecule has 14 heavy (non-hydrogen) atoms. The molecule has 0 aromatic heterocycles. The number of rotatable bonds is 0. The van der Waals surface area contributed by atoms with E-state index in [-0.39, 0.29) is 35.9 Å². The van der Waals surface area contributed by atoms with E-state index < -0.39 is 0 Å². The predicted molar refractivity (Wildman–Crippen MR) is 29.8 cm³/mol. The summed E-state index contributed by atoms with van der Waals surface area (Å²) >= 11 is 0. The zero-order chi connectivity index (χ0) is 12.0. The van der Waals surface area contributed by atoms with Gasteiger partial charge >= 0.3 is 35.9 Å². The molecule has 6 nitrogen and oxygen atoms in total. The molecule has 0 N–H and O–H groups in total. The molecule has 0 heterocycles. The van der Waals surface area contributed by atoms with Gasteiger partial charge in [-0.1, -0.05) is 0 Å². The van der Waals surface area contributed by atoms with Gasteiger partial charge in [-0.05, 0) is 0 Å². The Kier molecular flexibility index (Phi) is 1890. The molecule has 65 valence electrons.